The van der Waals surface area contributed by atoms with Crippen LogP contribution in [0.2, 0.25) is 0 Å². The van der Waals surface area contributed by atoms with Crippen LogP contribution in [0.25, 0.3) is 0 Å². The first kappa shape index (κ1) is 12.7. The van der Waals surface area contributed by atoms with Crippen LogP contribution in [0.4, 0.5) is 0 Å². The maximum absolute atomic E-state index is 10.3. The fourth-order valence-electron chi connectivity index (χ4n) is 1.10. The van der Waals surface area contributed by atoms with Crippen LogP contribution in [0.3, 0.4) is 0 Å². The summed E-state index contributed by atoms with van der Waals surface area (Å²) in [4.78, 5) is 12.2. The highest BCUT2D eigenvalue weighted by molar-refractivity contribution is 9.13. The average molecular weight is 341 g/mol. The lowest BCUT2D eigenvalue weighted by Crippen LogP contribution is -2.20. The van der Waals surface area contributed by atoms with E-state index in [1.807, 2.05) is 18.0 Å². The maximum Gasteiger partial charge on any atom is 0.304 e. The Kier molecular flexibility index (Phi) is 4.82. The number of rotatable bonds is 5. The molecule has 15 heavy (non-hydrogen) atoms. The van der Waals surface area contributed by atoms with E-state index in [1.165, 1.54) is 0 Å². The Morgan fingerprint density at radius 1 is 1.60 bits per heavy atom. The lowest BCUT2D eigenvalue weighted by Gasteiger charge is -2.12. The van der Waals surface area contributed by atoms with E-state index >= 15 is 0 Å². The Balaban J connectivity index is 2.44. The Bertz CT molecular complexity index is 332. The maximum atomic E-state index is 10.3. The lowest BCUT2D eigenvalue weighted by molar-refractivity contribution is -0.137. The molecule has 84 valence electrons. The van der Waals surface area contributed by atoms with Crippen molar-refractivity contribution in [2.24, 2.45) is 0 Å². The van der Waals surface area contributed by atoms with Crippen molar-refractivity contribution in [1.82, 2.24) is 4.90 Å². The normalized spacial score (nSPS) is 10.9. The van der Waals surface area contributed by atoms with E-state index in [4.69, 9.17) is 9.52 Å². The molecule has 0 aliphatic rings. The molecule has 0 fully saturated rings. The third-order valence-electron chi connectivity index (χ3n) is 1.83. The van der Waals surface area contributed by atoms with E-state index in [9.17, 15) is 4.79 Å². The van der Waals surface area contributed by atoms with Gasteiger partial charge in [0.1, 0.15) is 5.76 Å². The summed E-state index contributed by atoms with van der Waals surface area (Å²) in [5, 5.41) is 8.51. The molecule has 0 amide bonds. The van der Waals surface area contributed by atoms with Crippen LogP contribution >= 0.6 is 31.9 Å². The molecule has 1 rings (SSSR count). The number of carboxylic acid groups (broad SMARTS) is 1. The van der Waals surface area contributed by atoms with Gasteiger partial charge in [0.2, 0.25) is 0 Å². The fraction of sp³-hybridized carbons (Fsp3) is 0.444. The SMILES string of the molecule is CN(CCC(=O)O)Cc1cc(Br)c(Br)o1. The van der Waals surface area contributed by atoms with Gasteiger partial charge in [-0.1, -0.05) is 0 Å². The summed E-state index contributed by atoms with van der Waals surface area (Å²) in [6.45, 7) is 1.10. The van der Waals surface area contributed by atoms with Crippen LogP contribution in [0, 0.1) is 0 Å². The van der Waals surface area contributed by atoms with Crippen LogP contribution in [0.5, 0.6) is 0 Å². The number of carbonyl (C=O) groups is 1. The minimum Gasteiger partial charge on any atom is -0.481 e. The smallest absolute Gasteiger partial charge is 0.304 e. The van der Waals surface area contributed by atoms with Gasteiger partial charge in [0, 0.05) is 6.54 Å². The van der Waals surface area contributed by atoms with Crippen molar-refractivity contribution in [2.75, 3.05) is 13.6 Å². The third-order valence-corrected chi connectivity index (χ3v) is 3.54. The highest BCUT2D eigenvalue weighted by Gasteiger charge is 2.09. The zero-order chi connectivity index (χ0) is 11.4. The second-order valence-corrected chi connectivity index (χ2v) is 4.79. The van der Waals surface area contributed by atoms with Crippen molar-refractivity contribution in [3.8, 4) is 0 Å². The molecule has 0 aliphatic carbocycles. The molecule has 0 radical (unpaired) electrons. The van der Waals surface area contributed by atoms with Gasteiger partial charge in [-0.05, 0) is 45.0 Å². The van der Waals surface area contributed by atoms with Gasteiger partial charge in [0.15, 0.2) is 4.67 Å². The molecule has 1 N–H and O–H groups in total. The third kappa shape index (κ3) is 4.36. The zero-order valence-corrected chi connectivity index (χ0v) is 11.3. The van der Waals surface area contributed by atoms with Gasteiger partial charge in [-0.15, -0.1) is 0 Å². The van der Waals surface area contributed by atoms with Gasteiger partial charge >= 0.3 is 5.97 Å². The lowest BCUT2D eigenvalue weighted by atomic mass is 10.3. The van der Waals surface area contributed by atoms with Gasteiger partial charge in [-0.3, -0.25) is 9.69 Å². The van der Waals surface area contributed by atoms with Gasteiger partial charge in [0.25, 0.3) is 0 Å². The van der Waals surface area contributed by atoms with Crippen molar-refractivity contribution < 1.29 is 14.3 Å². The molecular weight excluding hydrogens is 330 g/mol. The molecule has 0 aliphatic heterocycles. The Hall–Kier alpha value is -0.330. The number of hydrogen-bond acceptors (Lipinski definition) is 3. The number of carboxylic acids is 1. The second kappa shape index (κ2) is 5.67. The minimum atomic E-state index is -0.788. The van der Waals surface area contributed by atoms with Crippen molar-refractivity contribution in [1.29, 1.82) is 0 Å². The monoisotopic (exact) mass is 339 g/mol. The number of furan rings is 1. The van der Waals surface area contributed by atoms with Gasteiger partial charge in [-0.2, -0.15) is 0 Å². The summed E-state index contributed by atoms with van der Waals surface area (Å²) >= 11 is 6.56. The van der Waals surface area contributed by atoms with Crippen LogP contribution in [0.1, 0.15) is 12.2 Å². The van der Waals surface area contributed by atoms with E-state index in [-0.39, 0.29) is 6.42 Å². The van der Waals surface area contributed by atoms with Crippen molar-refractivity contribution in [2.45, 2.75) is 13.0 Å². The Labute approximate surface area is 105 Å². The quantitative estimate of drug-likeness (QED) is 0.895. The summed E-state index contributed by atoms with van der Waals surface area (Å²) in [5.74, 6) is 0.00490. The predicted molar refractivity (Wildman–Crippen MR) is 62.7 cm³/mol. The predicted octanol–water partition coefficient (Wildman–Crippen LogP) is 2.71. The standard InChI is InChI=1S/C9H11Br2NO3/c1-12(3-2-8(13)14)5-6-4-7(10)9(11)15-6/h4H,2-3,5H2,1H3,(H,13,14). The zero-order valence-electron chi connectivity index (χ0n) is 8.17. The van der Waals surface area contributed by atoms with Crippen LogP contribution in [-0.2, 0) is 11.3 Å². The van der Waals surface area contributed by atoms with E-state index in [2.05, 4.69) is 31.9 Å². The number of nitrogens with zero attached hydrogens (tertiary/aromatic N) is 1. The molecule has 0 aromatic carbocycles. The highest BCUT2D eigenvalue weighted by Crippen LogP contribution is 2.27. The molecule has 0 spiro atoms. The number of hydrogen-bond donors (Lipinski definition) is 1. The first-order chi connectivity index (χ1) is 6.99. The summed E-state index contributed by atoms with van der Waals surface area (Å²) in [6, 6.07) is 1.86. The Morgan fingerprint density at radius 2 is 2.27 bits per heavy atom. The van der Waals surface area contributed by atoms with E-state index < -0.39 is 5.97 Å². The number of halogens is 2. The van der Waals surface area contributed by atoms with Gasteiger partial charge in [0.05, 0.1) is 17.4 Å². The molecule has 0 atom stereocenters. The number of aliphatic carboxylic acids is 1. The Morgan fingerprint density at radius 3 is 2.73 bits per heavy atom. The minimum absolute atomic E-state index is 0.138. The molecule has 0 saturated carbocycles. The molecule has 1 aromatic heterocycles. The van der Waals surface area contributed by atoms with Crippen LogP contribution in [0.15, 0.2) is 19.6 Å². The first-order valence-corrected chi connectivity index (χ1v) is 5.91. The van der Waals surface area contributed by atoms with Crippen molar-refractivity contribution in [3.63, 3.8) is 0 Å². The van der Waals surface area contributed by atoms with Crippen molar-refractivity contribution >= 4 is 37.8 Å². The average Bonchev–Trinajstić information content (AvgIpc) is 2.42. The molecule has 0 unspecified atom stereocenters. The fourth-order valence-corrected chi connectivity index (χ4v) is 1.76. The van der Waals surface area contributed by atoms with Gasteiger partial charge < -0.3 is 9.52 Å². The highest BCUT2D eigenvalue weighted by atomic mass is 79.9. The molecular formula is C9H11Br2NO3. The van der Waals surface area contributed by atoms with E-state index in [0.717, 1.165) is 10.2 Å². The van der Waals surface area contributed by atoms with Crippen LogP contribution in [-0.4, -0.2) is 29.6 Å². The second-order valence-electron chi connectivity index (χ2n) is 3.22. The molecule has 4 nitrogen and oxygen atoms in total. The van der Waals surface area contributed by atoms with E-state index in [0.29, 0.717) is 17.8 Å². The van der Waals surface area contributed by atoms with Crippen LogP contribution < -0.4 is 0 Å². The molecule has 0 saturated heterocycles. The molecule has 0 bridgehead atoms. The molecule has 1 aromatic rings. The first-order valence-electron chi connectivity index (χ1n) is 4.33. The van der Waals surface area contributed by atoms with E-state index in [1.54, 1.807) is 0 Å². The summed E-state index contributed by atoms with van der Waals surface area (Å²) in [7, 11) is 1.85. The van der Waals surface area contributed by atoms with Gasteiger partial charge in [-0.25, -0.2) is 0 Å². The largest absolute Gasteiger partial charge is 0.481 e. The molecule has 1 heterocycles. The summed E-state index contributed by atoms with van der Waals surface area (Å²) in [5.41, 5.74) is 0. The summed E-state index contributed by atoms with van der Waals surface area (Å²) in [6.07, 6.45) is 0.138. The topological polar surface area (TPSA) is 53.7 Å². The van der Waals surface area contributed by atoms with Crippen molar-refractivity contribution in [3.05, 3.63) is 21.0 Å². The molecule has 6 heteroatoms. The summed E-state index contributed by atoms with van der Waals surface area (Å²) < 4.78 is 6.89.